The van der Waals surface area contributed by atoms with Crippen LogP contribution in [0.5, 0.6) is 5.75 Å². The van der Waals surface area contributed by atoms with E-state index in [1.165, 1.54) is 0 Å². The van der Waals surface area contributed by atoms with Crippen molar-refractivity contribution in [2.24, 2.45) is 0 Å². The Hall–Kier alpha value is -3.64. The maximum absolute atomic E-state index is 5.82. The summed E-state index contributed by atoms with van der Waals surface area (Å²) in [5, 5.41) is 4.21. The van der Waals surface area contributed by atoms with Crippen molar-refractivity contribution in [3.05, 3.63) is 109 Å². The second-order valence-electron chi connectivity index (χ2n) is 7.56. The molecule has 5 nitrogen and oxygen atoms in total. The SMILES string of the molecule is CCOc1ccc(-n2cccc2C2C(c3ccccn3)NC(=S)N2c2ccccc2)cc1. The average Bonchev–Trinajstić information content (AvgIpc) is 3.45. The number of hydrogen-bond donors (Lipinski definition) is 1. The largest absolute Gasteiger partial charge is 0.494 e. The van der Waals surface area contributed by atoms with Crippen molar-refractivity contribution in [2.45, 2.75) is 19.0 Å². The van der Waals surface area contributed by atoms with Crippen LogP contribution in [0.15, 0.2) is 97.3 Å². The predicted octanol–water partition coefficient (Wildman–Crippen LogP) is 5.45. The van der Waals surface area contributed by atoms with E-state index in [9.17, 15) is 0 Å². The summed E-state index contributed by atoms with van der Waals surface area (Å²) in [6.45, 7) is 2.64. The van der Waals surface area contributed by atoms with E-state index in [4.69, 9.17) is 17.0 Å². The number of para-hydroxylation sites is 1. The lowest BCUT2D eigenvalue weighted by atomic mass is 10.0. The van der Waals surface area contributed by atoms with Gasteiger partial charge in [0.1, 0.15) is 11.8 Å². The fourth-order valence-electron chi connectivity index (χ4n) is 4.26. The molecule has 1 aliphatic heterocycles. The van der Waals surface area contributed by atoms with Crippen LogP contribution >= 0.6 is 12.2 Å². The number of benzene rings is 2. The summed E-state index contributed by atoms with van der Waals surface area (Å²) in [7, 11) is 0. The number of nitrogens with zero attached hydrogens (tertiary/aromatic N) is 3. The van der Waals surface area contributed by atoms with Gasteiger partial charge in [0.15, 0.2) is 5.11 Å². The Bertz CT molecular complexity index is 1190. The zero-order valence-corrected chi connectivity index (χ0v) is 18.6. The van der Waals surface area contributed by atoms with Gasteiger partial charge in [-0.1, -0.05) is 24.3 Å². The highest BCUT2D eigenvalue weighted by Gasteiger charge is 2.42. The van der Waals surface area contributed by atoms with E-state index in [1.54, 1.807) is 0 Å². The number of thiocarbonyl (C=S) groups is 1. The van der Waals surface area contributed by atoms with Gasteiger partial charge in [-0.25, -0.2) is 0 Å². The molecule has 3 heterocycles. The van der Waals surface area contributed by atoms with E-state index >= 15 is 0 Å². The van der Waals surface area contributed by atoms with Crippen molar-refractivity contribution < 1.29 is 4.74 Å². The Morgan fingerprint density at radius 3 is 2.41 bits per heavy atom. The summed E-state index contributed by atoms with van der Waals surface area (Å²) in [5.41, 5.74) is 4.20. The van der Waals surface area contributed by atoms with E-state index in [1.807, 2.05) is 61.7 Å². The molecule has 1 N–H and O–H groups in total. The Balaban J connectivity index is 1.61. The van der Waals surface area contributed by atoms with Gasteiger partial charge < -0.3 is 19.5 Å². The van der Waals surface area contributed by atoms with Crippen LogP contribution in [0.2, 0.25) is 0 Å². The number of ether oxygens (including phenoxy) is 1. The molecule has 1 fully saturated rings. The van der Waals surface area contributed by atoms with Gasteiger partial charge in [-0.15, -0.1) is 0 Å². The van der Waals surface area contributed by atoms with Crippen molar-refractivity contribution >= 4 is 23.0 Å². The molecule has 2 atom stereocenters. The third-order valence-corrected chi connectivity index (χ3v) is 5.96. The number of nitrogens with one attached hydrogen (secondary N) is 1. The number of rotatable bonds is 6. The predicted molar refractivity (Wildman–Crippen MR) is 131 cm³/mol. The Morgan fingerprint density at radius 2 is 1.69 bits per heavy atom. The molecule has 32 heavy (non-hydrogen) atoms. The van der Waals surface area contributed by atoms with Crippen LogP contribution in [0.3, 0.4) is 0 Å². The van der Waals surface area contributed by atoms with E-state index in [0.717, 1.165) is 28.5 Å². The van der Waals surface area contributed by atoms with Gasteiger partial charge in [-0.2, -0.15) is 0 Å². The average molecular weight is 441 g/mol. The summed E-state index contributed by atoms with van der Waals surface area (Å²) in [4.78, 5) is 6.83. The first-order chi connectivity index (χ1) is 15.8. The third kappa shape index (κ3) is 3.74. The van der Waals surface area contributed by atoms with Crippen LogP contribution < -0.4 is 15.0 Å². The second-order valence-corrected chi connectivity index (χ2v) is 7.95. The van der Waals surface area contributed by atoms with E-state index in [0.29, 0.717) is 11.7 Å². The smallest absolute Gasteiger partial charge is 0.174 e. The standard InChI is InChI=1S/C26H24N4OS/c1-2-31-21-15-13-19(14-16-21)29-18-8-12-23(29)25-24(22-11-6-7-17-27-22)28-26(32)30(25)20-9-4-3-5-10-20/h3-18,24-25H,2H2,1H3,(H,28,32). The molecule has 4 aromatic rings. The summed E-state index contributed by atoms with van der Waals surface area (Å²) >= 11 is 5.82. The topological polar surface area (TPSA) is 42.3 Å². The lowest BCUT2D eigenvalue weighted by molar-refractivity contribution is 0.340. The van der Waals surface area contributed by atoms with Crippen molar-refractivity contribution in [1.82, 2.24) is 14.9 Å². The highest BCUT2D eigenvalue weighted by atomic mass is 32.1. The van der Waals surface area contributed by atoms with E-state index in [-0.39, 0.29) is 12.1 Å². The first-order valence-electron chi connectivity index (χ1n) is 10.7. The fourth-order valence-corrected chi connectivity index (χ4v) is 4.61. The zero-order valence-electron chi connectivity index (χ0n) is 17.8. The molecular weight excluding hydrogens is 416 g/mol. The Morgan fingerprint density at radius 1 is 0.906 bits per heavy atom. The minimum absolute atomic E-state index is 0.0682. The quantitative estimate of drug-likeness (QED) is 0.404. The minimum atomic E-state index is -0.0831. The molecule has 0 radical (unpaired) electrons. The van der Waals surface area contributed by atoms with Gasteiger partial charge in [0, 0.05) is 29.5 Å². The first-order valence-corrected chi connectivity index (χ1v) is 11.1. The van der Waals surface area contributed by atoms with Gasteiger partial charge in [0.05, 0.1) is 18.3 Å². The van der Waals surface area contributed by atoms with Crippen molar-refractivity contribution in [2.75, 3.05) is 11.5 Å². The maximum atomic E-state index is 5.82. The molecule has 5 rings (SSSR count). The number of pyridine rings is 1. The molecule has 6 heteroatoms. The molecule has 2 aromatic carbocycles. The molecule has 0 aliphatic carbocycles. The molecule has 160 valence electrons. The van der Waals surface area contributed by atoms with Crippen LogP contribution in [0, 0.1) is 0 Å². The summed E-state index contributed by atoms with van der Waals surface area (Å²) in [6, 6.07) is 28.5. The van der Waals surface area contributed by atoms with Crippen LogP contribution in [-0.4, -0.2) is 21.3 Å². The highest BCUT2D eigenvalue weighted by Crippen LogP contribution is 2.42. The summed E-state index contributed by atoms with van der Waals surface area (Å²) < 4.78 is 7.83. The molecule has 2 unspecified atom stereocenters. The van der Waals surface area contributed by atoms with Crippen LogP contribution in [-0.2, 0) is 0 Å². The monoisotopic (exact) mass is 440 g/mol. The molecule has 1 saturated heterocycles. The van der Waals surface area contributed by atoms with Gasteiger partial charge in [0.25, 0.3) is 0 Å². The van der Waals surface area contributed by atoms with Gasteiger partial charge in [-0.3, -0.25) is 4.98 Å². The van der Waals surface area contributed by atoms with Gasteiger partial charge >= 0.3 is 0 Å². The van der Waals surface area contributed by atoms with Gasteiger partial charge in [0.2, 0.25) is 0 Å². The van der Waals surface area contributed by atoms with E-state index < -0.39 is 0 Å². The number of hydrogen-bond acceptors (Lipinski definition) is 3. The zero-order chi connectivity index (χ0) is 21.9. The Labute approximate surface area is 193 Å². The van der Waals surface area contributed by atoms with E-state index in [2.05, 4.69) is 62.4 Å². The third-order valence-electron chi connectivity index (χ3n) is 5.64. The minimum Gasteiger partial charge on any atom is -0.494 e. The molecule has 0 bridgehead atoms. The summed E-state index contributed by atoms with van der Waals surface area (Å²) in [6.07, 6.45) is 3.92. The van der Waals surface area contributed by atoms with Crippen molar-refractivity contribution in [1.29, 1.82) is 0 Å². The lowest BCUT2D eigenvalue weighted by Crippen LogP contribution is -2.30. The van der Waals surface area contributed by atoms with Crippen molar-refractivity contribution in [3.8, 4) is 11.4 Å². The highest BCUT2D eigenvalue weighted by molar-refractivity contribution is 7.80. The second kappa shape index (κ2) is 8.85. The fraction of sp³-hybridized carbons (Fsp3) is 0.154. The molecule has 1 aliphatic rings. The molecule has 0 spiro atoms. The Kier molecular flexibility index (Phi) is 5.60. The first kappa shape index (κ1) is 20.3. The number of aromatic nitrogens is 2. The molecule has 0 amide bonds. The van der Waals surface area contributed by atoms with Crippen LogP contribution in [0.4, 0.5) is 5.69 Å². The lowest BCUT2D eigenvalue weighted by Gasteiger charge is -2.29. The molecular formula is C26H24N4OS. The molecule has 0 saturated carbocycles. The number of anilines is 1. The van der Waals surface area contributed by atoms with Crippen molar-refractivity contribution in [3.63, 3.8) is 0 Å². The molecule has 2 aromatic heterocycles. The normalized spacial score (nSPS) is 17.9. The van der Waals surface area contributed by atoms with Crippen LogP contribution in [0.1, 0.15) is 30.4 Å². The maximum Gasteiger partial charge on any atom is 0.174 e. The summed E-state index contributed by atoms with van der Waals surface area (Å²) in [5.74, 6) is 0.867. The van der Waals surface area contributed by atoms with Crippen LogP contribution in [0.25, 0.3) is 5.69 Å². The van der Waals surface area contributed by atoms with Gasteiger partial charge in [-0.05, 0) is 79.8 Å².